The number of benzene rings is 4. The van der Waals surface area contributed by atoms with Crippen molar-refractivity contribution in [3.63, 3.8) is 0 Å². The van der Waals surface area contributed by atoms with Crippen LogP contribution in [0.2, 0.25) is 0 Å². The lowest BCUT2D eigenvalue weighted by atomic mass is 9.86. The minimum atomic E-state index is -0.372. The van der Waals surface area contributed by atoms with Gasteiger partial charge in [0.2, 0.25) is 0 Å². The normalized spacial score (nSPS) is 14.6. The molecule has 0 saturated carbocycles. The number of aliphatic imine (C=N–C) groups is 1. The van der Waals surface area contributed by atoms with Crippen LogP contribution in [0.1, 0.15) is 64.0 Å². The van der Waals surface area contributed by atoms with Crippen LogP contribution in [0.3, 0.4) is 0 Å². The summed E-state index contributed by atoms with van der Waals surface area (Å²) in [5.41, 5.74) is 10.1. The zero-order valence-corrected chi connectivity index (χ0v) is 22.1. The Kier molecular flexibility index (Phi) is 5.96. The topological polar surface area (TPSA) is 43.6 Å². The van der Waals surface area contributed by atoms with Crippen molar-refractivity contribution < 1.29 is 9.53 Å². The molecule has 1 aromatic heterocycles. The molecular weight excluding hydrogens is 468 g/mol. The summed E-state index contributed by atoms with van der Waals surface area (Å²) in [6, 6.07) is 33.8. The van der Waals surface area contributed by atoms with E-state index in [0.29, 0.717) is 11.5 Å². The van der Waals surface area contributed by atoms with E-state index in [1.54, 1.807) is 0 Å². The number of carbonyl (C=O) groups is 1. The summed E-state index contributed by atoms with van der Waals surface area (Å²) in [6.45, 7) is 6.52. The molecule has 188 valence electrons. The lowest BCUT2D eigenvalue weighted by molar-refractivity contribution is 0.0601. The Morgan fingerprint density at radius 1 is 0.895 bits per heavy atom. The monoisotopic (exact) mass is 498 g/mol. The molecule has 1 atom stereocenters. The van der Waals surface area contributed by atoms with E-state index in [9.17, 15) is 4.79 Å². The average molecular weight is 499 g/mol. The molecule has 0 N–H and O–H groups in total. The van der Waals surface area contributed by atoms with Gasteiger partial charge in [-0.2, -0.15) is 0 Å². The predicted molar refractivity (Wildman–Crippen MR) is 154 cm³/mol. The van der Waals surface area contributed by atoms with Gasteiger partial charge < -0.3 is 9.30 Å². The Morgan fingerprint density at radius 2 is 1.63 bits per heavy atom. The Balaban J connectivity index is 1.69. The number of fused-ring (bicyclic) bond motifs is 5. The average Bonchev–Trinajstić information content (AvgIpc) is 3.25. The molecule has 38 heavy (non-hydrogen) atoms. The molecule has 0 aliphatic carbocycles. The highest BCUT2D eigenvalue weighted by Crippen LogP contribution is 2.42. The predicted octanol–water partition coefficient (Wildman–Crippen LogP) is 8.12. The number of rotatable bonds is 4. The van der Waals surface area contributed by atoms with E-state index in [0.717, 1.165) is 33.9 Å². The number of esters is 1. The van der Waals surface area contributed by atoms with Gasteiger partial charge in [-0.25, -0.2) is 9.79 Å². The molecule has 0 spiro atoms. The summed E-state index contributed by atoms with van der Waals surface area (Å²) < 4.78 is 7.34. The molecule has 4 aromatic carbocycles. The van der Waals surface area contributed by atoms with Gasteiger partial charge in [-0.05, 0) is 59.9 Å². The Bertz CT molecular complexity index is 1690. The molecule has 5 aromatic rings. The lowest BCUT2D eigenvalue weighted by Gasteiger charge is -2.21. The van der Waals surface area contributed by atoms with Crippen LogP contribution in [0.15, 0.2) is 102 Å². The van der Waals surface area contributed by atoms with E-state index in [4.69, 9.17) is 9.73 Å². The Morgan fingerprint density at radius 3 is 2.34 bits per heavy atom. The zero-order valence-electron chi connectivity index (χ0n) is 22.1. The van der Waals surface area contributed by atoms with Crippen LogP contribution < -0.4 is 0 Å². The third-order valence-electron chi connectivity index (χ3n) is 7.47. The van der Waals surface area contributed by atoms with E-state index >= 15 is 0 Å². The van der Waals surface area contributed by atoms with Crippen LogP contribution in [-0.4, -0.2) is 23.4 Å². The van der Waals surface area contributed by atoms with Gasteiger partial charge in [0.1, 0.15) is 0 Å². The smallest absolute Gasteiger partial charge is 0.337 e. The Labute approximate surface area is 223 Å². The van der Waals surface area contributed by atoms with Gasteiger partial charge in [-0.3, -0.25) is 0 Å². The van der Waals surface area contributed by atoms with Crippen molar-refractivity contribution in [2.24, 2.45) is 4.99 Å². The molecule has 1 unspecified atom stereocenters. The number of ether oxygens (including phenoxy) is 1. The van der Waals surface area contributed by atoms with Crippen LogP contribution in [0.25, 0.3) is 16.6 Å². The molecule has 2 heterocycles. The number of aryl methyl sites for hydroxylation is 1. The van der Waals surface area contributed by atoms with Gasteiger partial charge in [-0.1, -0.05) is 86.1 Å². The summed E-state index contributed by atoms with van der Waals surface area (Å²) in [4.78, 5) is 17.8. The van der Waals surface area contributed by atoms with Crippen LogP contribution in [0.4, 0.5) is 5.69 Å². The third-order valence-corrected chi connectivity index (χ3v) is 7.47. The van der Waals surface area contributed by atoms with Crippen molar-refractivity contribution in [3.8, 4) is 5.69 Å². The molecule has 0 bridgehead atoms. The second-order valence-electron chi connectivity index (χ2n) is 10.3. The van der Waals surface area contributed by atoms with Gasteiger partial charge in [0.15, 0.2) is 0 Å². The number of hydrogen-bond donors (Lipinski definition) is 0. The van der Waals surface area contributed by atoms with Crippen molar-refractivity contribution in [2.75, 3.05) is 7.11 Å². The van der Waals surface area contributed by atoms with E-state index < -0.39 is 0 Å². The lowest BCUT2D eigenvalue weighted by Crippen LogP contribution is -2.17. The van der Waals surface area contributed by atoms with Gasteiger partial charge in [0.25, 0.3) is 0 Å². The number of nitrogens with zero attached hydrogens (tertiary/aromatic N) is 2. The van der Waals surface area contributed by atoms with Gasteiger partial charge >= 0.3 is 5.97 Å². The molecule has 6 rings (SSSR count). The first kappa shape index (κ1) is 23.9. The number of aromatic nitrogens is 1. The number of methoxy groups -OCH3 is 1. The molecule has 0 amide bonds. The molecule has 4 nitrogen and oxygen atoms in total. The van der Waals surface area contributed by atoms with E-state index in [1.807, 2.05) is 18.2 Å². The second kappa shape index (κ2) is 9.46. The maximum absolute atomic E-state index is 12.5. The van der Waals surface area contributed by atoms with Crippen LogP contribution >= 0.6 is 0 Å². The summed E-state index contributed by atoms with van der Waals surface area (Å²) in [5.74, 6) is -0.0384. The highest BCUT2D eigenvalue weighted by molar-refractivity contribution is 6.10. The highest BCUT2D eigenvalue weighted by Gasteiger charge is 2.31. The van der Waals surface area contributed by atoms with Crippen molar-refractivity contribution in [2.45, 2.75) is 32.6 Å². The van der Waals surface area contributed by atoms with E-state index in [-0.39, 0.29) is 11.9 Å². The first-order valence-corrected chi connectivity index (χ1v) is 13.0. The van der Waals surface area contributed by atoms with E-state index in [2.05, 4.69) is 104 Å². The first-order chi connectivity index (χ1) is 18.4. The summed E-state index contributed by atoms with van der Waals surface area (Å²) in [6.07, 6.45) is 0. The molecule has 4 heteroatoms. The number of carbonyl (C=O) groups excluding carboxylic acids is 1. The second-order valence-corrected chi connectivity index (χ2v) is 10.3. The largest absolute Gasteiger partial charge is 0.465 e. The minimum Gasteiger partial charge on any atom is -0.465 e. The van der Waals surface area contributed by atoms with Crippen LogP contribution in [-0.2, 0) is 4.74 Å². The molecule has 0 fully saturated rings. The zero-order chi connectivity index (χ0) is 26.4. The van der Waals surface area contributed by atoms with E-state index in [1.165, 1.54) is 29.2 Å². The summed E-state index contributed by atoms with van der Waals surface area (Å²) >= 11 is 0. The summed E-state index contributed by atoms with van der Waals surface area (Å²) in [5, 5.41) is 1.17. The number of para-hydroxylation sites is 1. The van der Waals surface area contributed by atoms with Crippen molar-refractivity contribution in [3.05, 3.63) is 131 Å². The third kappa shape index (κ3) is 4.03. The van der Waals surface area contributed by atoms with Crippen LogP contribution in [0, 0.1) is 6.92 Å². The van der Waals surface area contributed by atoms with Crippen LogP contribution in [0.5, 0.6) is 0 Å². The van der Waals surface area contributed by atoms with Gasteiger partial charge in [0, 0.05) is 11.1 Å². The van der Waals surface area contributed by atoms with Crippen molar-refractivity contribution in [1.82, 2.24) is 4.57 Å². The quantitative estimate of drug-likeness (QED) is 0.235. The fraction of sp³-hybridized carbons (Fsp3) is 0.176. The number of hydrogen-bond acceptors (Lipinski definition) is 3. The standard InChI is InChI=1S/C34H30N2O2/c1-21(2)23-13-15-25(16-14-23)33-32(24-11-9-22(3)10-12-24)31-20-26-7-5-6-8-29(26)36(31)30-18-17-27(34(37)38-4)19-28(30)35-33/h5-21,32H,1-4H3. The molecule has 1 aliphatic rings. The maximum atomic E-state index is 12.5. The molecule has 1 aliphatic heterocycles. The van der Waals surface area contributed by atoms with Gasteiger partial charge in [0.05, 0.1) is 41.2 Å². The fourth-order valence-corrected chi connectivity index (χ4v) is 5.40. The Hall–Kier alpha value is -4.44. The summed E-state index contributed by atoms with van der Waals surface area (Å²) in [7, 11) is 1.41. The molecule has 0 saturated heterocycles. The van der Waals surface area contributed by atoms with Crippen molar-refractivity contribution in [1.29, 1.82) is 0 Å². The first-order valence-electron chi connectivity index (χ1n) is 13.0. The SMILES string of the molecule is COC(=O)c1ccc2c(c1)N=C(c1ccc(C(C)C)cc1)C(c1ccc(C)cc1)c1cc3ccccc3n1-2. The molecule has 0 radical (unpaired) electrons. The maximum Gasteiger partial charge on any atom is 0.337 e. The van der Waals surface area contributed by atoms with Gasteiger partial charge in [-0.15, -0.1) is 0 Å². The highest BCUT2D eigenvalue weighted by atomic mass is 16.5. The minimum absolute atomic E-state index is 0.109. The molecular formula is C34H30N2O2. The fourth-order valence-electron chi connectivity index (χ4n) is 5.40. The van der Waals surface area contributed by atoms with Crippen molar-refractivity contribution >= 4 is 28.3 Å².